The van der Waals surface area contributed by atoms with Crippen LogP contribution in [0.2, 0.25) is 0 Å². The fourth-order valence-electron chi connectivity index (χ4n) is 3.73. The highest BCUT2D eigenvalue weighted by atomic mass is 32.1. The Kier molecular flexibility index (Phi) is 3.27. The number of piperidine rings is 1. The second-order valence-electron chi connectivity index (χ2n) is 6.06. The predicted octanol–water partition coefficient (Wildman–Crippen LogP) is 1.00. The minimum Gasteiger partial charge on any atom is -0.354 e. The van der Waals surface area contributed by atoms with Crippen molar-refractivity contribution in [3.8, 4) is 0 Å². The smallest absolute Gasteiger partial charge is 0.258 e. The maximum absolute atomic E-state index is 12.4. The number of likely N-dealkylation sites (tertiary alicyclic amines) is 1. The average Bonchev–Trinajstić information content (AvgIpc) is 3.11. The van der Waals surface area contributed by atoms with E-state index in [1.165, 1.54) is 11.3 Å². The molecule has 2 fully saturated rings. The normalized spacial score (nSPS) is 25.9. The summed E-state index contributed by atoms with van der Waals surface area (Å²) >= 11 is 1.46. The van der Waals surface area contributed by atoms with Gasteiger partial charge in [0.05, 0.1) is 5.69 Å². The topological polar surface area (TPSA) is 66.7 Å². The Hall–Kier alpha value is -1.73. The van der Waals surface area contributed by atoms with Crippen LogP contribution in [0.5, 0.6) is 0 Å². The Morgan fingerprint density at radius 1 is 1.32 bits per heavy atom. The Balaban J connectivity index is 1.66. The molecule has 1 N–H and O–H groups in total. The quantitative estimate of drug-likeness (QED) is 0.897. The molecule has 2 aliphatic heterocycles. The lowest BCUT2D eigenvalue weighted by molar-refractivity contribution is -0.134. The van der Waals surface area contributed by atoms with Crippen molar-refractivity contribution < 1.29 is 4.79 Å². The first kappa shape index (κ1) is 13.9. The summed E-state index contributed by atoms with van der Waals surface area (Å²) in [6.45, 7) is 2.23. The van der Waals surface area contributed by atoms with E-state index in [-0.39, 0.29) is 17.0 Å². The van der Waals surface area contributed by atoms with Crippen molar-refractivity contribution in [3.05, 3.63) is 33.7 Å². The Labute approximate surface area is 131 Å². The summed E-state index contributed by atoms with van der Waals surface area (Å²) in [4.78, 5) is 32.0. The molecular formula is C15H18N4O2S. The van der Waals surface area contributed by atoms with E-state index < -0.39 is 0 Å². The first-order chi connectivity index (χ1) is 10.7. The number of aromatic nitrogens is 2. The van der Waals surface area contributed by atoms with Crippen molar-refractivity contribution in [1.82, 2.24) is 19.6 Å². The highest BCUT2D eigenvalue weighted by Gasteiger charge is 2.48. The number of amides is 1. The number of rotatable bonds is 2. The van der Waals surface area contributed by atoms with Gasteiger partial charge in [-0.15, -0.1) is 11.3 Å². The highest BCUT2D eigenvalue weighted by molar-refractivity contribution is 7.15. The van der Waals surface area contributed by atoms with Gasteiger partial charge in [-0.25, -0.2) is 4.98 Å². The molecule has 2 aromatic rings. The van der Waals surface area contributed by atoms with Crippen molar-refractivity contribution in [1.29, 1.82) is 0 Å². The van der Waals surface area contributed by atoms with Crippen LogP contribution in [0.3, 0.4) is 0 Å². The molecule has 116 valence electrons. The third-order valence-corrected chi connectivity index (χ3v) is 5.56. The maximum atomic E-state index is 12.4. The minimum absolute atomic E-state index is 0.0532. The van der Waals surface area contributed by atoms with Gasteiger partial charge in [0.1, 0.15) is 5.54 Å². The molecule has 1 atom stereocenters. The molecule has 0 aliphatic carbocycles. The molecule has 2 aromatic heterocycles. The zero-order chi connectivity index (χ0) is 15.2. The molecule has 7 heteroatoms. The van der Waals surface area contributed by atoms with Gasteiger partial charge in [0.15, 0.2) is 4.96 Å². The van der Waals surface area contributed by atoms with Crippen molar-refractivity contribution in [2.45, 2.75) is 37.8 Å². The molecule has 1 amide bonds. The summed E-state index contributed by atoms with van der Waals surface area (Å²) in [7, 11) is 0. The molecule has 2 saturated heterocycles. The molecule has 4 rings (SSSR count). The van der Waals surface area contributed by atoms with E-state index in [1.807, 2.05) is 5.38 Å². The van der Waals surface area contributed by atoms with Gasteiger partial charge in [-0.1, -0.05) is 0 Å². The van der Waals surface area contributed by atoms with E-state index in [1.54, 1.807) is 16.7 Å². The lowest BCUT2D eigenvalue weighted by Crippen LogP contribution is -2.58. The molecule has 0 radical (unpaired) electrons. The number of nitrogens with zero attached hydrogens (tertiary/aromatic N) is 3. The van der Waals surface area contributed by atoms with Gasteiger partial charge in [0.25, 0.3) is 5.56 Å². The summed E-state index contributed by atoms with van der Waals surface area (Å²) in [6.07, 6.45) is 5.58. The van der Waals surface area contributed by atoms with Crippen molar-refractivity contribution in [2.75, 3.05) is 13.1 Å². The number of nitrogens with one attached hydrogen (secondary N) is 1. The Morgan fingerprint density at radius 3 is 3.05 bits per heavy atom. The van der Waals surface area contributed by atoms with Crippen LogP contribution in [0.1, 0.15) is 31.4 Å². The summed E-state index contributed by atoms with van der Waals surface area (Å²) in [6, 6.07) is 1.59. The van der Waals surface area contributed by atoms with Crippen LogP contribution in [0.4, 0.5) is 0 Å². The number of carbonyl (C=O) groups excluding carboxylic acids is 1. The van der Waals surface area contributed by atoms with E-state index in [4.69, 9.17) is 0 Å². The zero-order valence-corrected chi connectivity index (χ0v) is 13.1. The van der Waals surface area contributed by atoms with Gasteiger partial charge in [0, 0.05) is 30.7 Å². The average molecular weight is 318 g/mol. The molecule has 0 bridgehead atoms. The van der Waals surface area contributed by atoms with Crippen molar-refractivity contribution in [3.63, 3.8) is 0 Å². The van der Waals surface area contributed by atoms with Gasteiger partial charge in [0.2, 0.25) is 5.91 Å². The van der Waals surface area contributed by atoms with Gasteiger partial charge in [-0.3, -0.25) is 18.9 Å². The Bertz CT molecular complexity index is 783. The van der Waals surface area contributed by atoms with Gasteiger partial charge < -0.3 is 5.32 Å². The number of thiazole rings is 1. The lowest BCUT2D eigenvalue weighted by Gasteiger charge is -2.40. The highest BCUT2D eigenvalue weighted by Crippen LogP contribution is 2.36. The summed E-state index contributed by atoms with van der Waals surface area (Å²) < 4.78 is 1.56. The lowest BCUT2D eigenvalue weighted by atomic mass is 9.86. The molecule has 1 unspecified atom stereocenters. The number of hydrogen-bond donors (Lipinski definition) is 1. The maximum Gasteiger partial charge on any atom is 0.258 e. The molecular weight excluding hydrogens is 300 g/mol. The van der Waals surface area contributed by atoms with E-state index in [2.05, 4.69) is 15.2 Å². The van der Waals surface area contributed by atoms with E-state index >= 15 is 0 Å². The Morgan fingerprint density at radius 2 is 2.18 bits per heavy atom. The SMILES string of the molecule is O=C1NCCCC12CCCN2Cc1cc(=O)n2ccsc2n1. The van der Waals surface area contributed by atoms with Crippen LogP contribution in [0, 0.1) is 0 Å². The van der Waals surface area contributed by atoms with E-state index in [9.17, 15) is 9.59 Å². The third-order valence-electron chi connectivity index (χ3n) is 4.81. The van der Waals surface area contributed by atoms with Crippen molar-refractivity contribution >= 4 is 22.2 Å². The molecule has 22 heavy (non-hydrogen) atoms. The van der Waals surface area contributed by atoms with Crippen LogP contribution in [-0.2, 0) is 11.3 Å². The molecule has 0 saturated carbocycles. The number of fused-ring (bicyclic) bond motifs is 1. The second kappa shape index (κ2) is 5.17. The zero-order valence-electron chi connectivity index (χ0n) is 12.2. The molecule has 2 aliphatic rings. The minimum atomic E-state index is -0.388. The van der Waals surface area contributed by atoms with Gasteiger partial charge >= 0.3 is 0 Å². The van der Waals surface area contributed by atoms with Crippen LogP contribution >= 0.6 is 11.3 Å². The van der Waals surface area contributed by atoms with E-state index in [0.717, 1.165) is 44.5 Å². The standard InChI is InChI=1S/C15H18N4O2S/c20-12-9-11(17-14-19(12)7-8-22-14)10-18-6-2-4-15(18)3-1-5-16-13(15)21/h7-9H,1-6,10H2,(H,16,21). The first-order valence-electron chi connectivity index (χ1n) is 7.68. The van der Waals surface area contributed by atoms with Crippen LogP contribution in [0.25, 0.3) is 4.96 Å². The first-order valence-corrected chi connectivity index (χ1v) is 8.56. The molecule has 6 nitrogen and oxygen atoms in total. The van der Waals surface area contributed by atoms with Crippen LogP contribution < -0.4 is 10.9 Å². The summed E-state index contributed by atoms with van der Waals surface area (Å²) in [5, 5.41) is 4.86. The molecule has 1 spiro atoms. The molecule has 4 heterocycles. The fraction of sp³-hybridized carbons (Fsp3) is 0.533. The number of hydrogen-bond acceptors (Lipinski definition) is 5. The van der Waals surface area contributed by atoms with Crippen LogP contribution in [0.15, 0.2) is 22.4 Å². The second-order valence-corrected chi connectivity index (χ2v) is 6.93. The van der Waals surface area contributed by atoms with Gasteiger partial charge in [-0.2, -0.15) is 0 Å². The van der Waals surface area contributed by atoms with Gasteiger partial charge in [-0.05, 0) is 32.2 Å². The monoisotopic (exact) mass is 318 g/mol. The number of carbonyl (C=O) groups is 1. The van der Waals surface area contributed by atoms with E-state index in [0.29, 0.717) is 11.5 Å². The predicted molar refractivity (Wildman–Crippen MR) is 84.0 cm³/mol. The largest absolute Gasteiger partial charge is 0.354 e. The summed E-state index contributed by atoms with van der Waals surface area (Å²) in [5.74, 6) is 0.144. The summed E-state index contributed by atoms with van der Waals surface area (Å²) in [5.41, 5.74) is 0.315. The van der Waals surface area contributed by atoms with Crippen LogP contribution in [-0.4, -0.2) is 38.8 Å². The third kappa shape index (κ3) is 2.07. The fourth-order valence-corrected chi connectivity index (χ4v) is 4.47. The molecule has 0 aromatic carbocycles. The van der Waals surface area contributed by atoms with Crippen molar-refractivity contribution in [2.24, 2.45) is 0 Å².